The van der Waals surface area contributed by atoms with Crippen LogP contribution in [0.4, 0.5) is 0 Å². The molecule has 0 aromatic heterocycles. The lowest BCUT2D eigenvalue weighted by atomic mass is 10.2. The number of benzene rings is 2. The Balaban J connectivity index is 1.74. The number of esters is 1. The number of carbonyl (C=O) groups excluding carboxylic acids is 2. The summed E-state index contributed by atoms with van der Waals surface area (Å²) < 4.78 is 4.52. The van der Waals surface area contributed by atoms with E-state index in [1.165, 1.54) is 18.9 Å². The molecule has 1 amide bonds. The Bertz CT molecular complexity index is 1010. The van der Waals surface area contributed by atoms with Gasteiger partial charge in [-0.15, -0.1) is 5.10 Å². The van der Waals surface area contributed by atoms with Gasteiger partial charge in [0.15, 0.2) is 5.17 Å². The SMILES string of the molecule is COC(=O)/C=C1/S/C(=N\N=Cc2ccccc2Sc2ccccc2Cl)NC1=O. The second-order valence-electron chi connectivity index (χ2n) is 5.31. The van der Waals surface area contributed by atoms with Gasteiger partial charge in [-0.05, 0) is 30.0 Å². The predicted molar refractivity (Wildman–Crippen MR) is 113 cm³/mol. The minimum Gasteiger partial charge on any atom is -0.466 e. The van der Waals surface area contributed by atoms with Gasteiger partial charge in [-0.3, -0.25) is 10.1 Å². The molecule has 1 N–H and O–H groups in total. The second-order valence-corrected chi connectivity index (χ2v) is 7.83. The van der Waals surface area contributed by atoms with Crippen LogP contribution in [0, 0.1) is 0 Å². The van der Waals surface area contributed by atoms with Gasteiger partial charge in [0.25, 0.3) is 5.91 Å². The average molecular weight is 432 g/mol. The van der Waals surface area contributed by atoms with Crippen molar-refractivity contribution in [1.82, 2.24) is 5.32 Å². The van der Waals surface area contributed by atoms with Crippen molar-refractivity contribution in [1.29, 1.82) is 0 Å². The van der Waals surface area contributed by atoms with Crippen LogP contribution in [0.3, 0.4) is 0 Å². The summed E-state index contributed by atoms with van der Waals surface area (Å²) in [5, 5.41) is 11.6. The van der Waals surface area contributed by atoms with Gasteiger partial charge in [0.1, 0.15) is 0 Å². The molecule has 2 aromatic carbocycles. The van der Waals surface area contributed by atoms with Crippen molar-refractivity contribution in [3.8, 4) is 0 Å². The molecule has 1 aliphatic heterocycles. The zero-order chi connectivity index (χ0) is 19.9. The Labute approximate surface area is 175 Å². The van der Waals surface area contributed by atoms with Gasteiger partial charge in [-0.1, -0.05) is 53.7 Å². The highest BCUT2D eigenvalue weighted by Gasteiger charge is 2.25. The first-order valence-electron chi connectivity index (χ1n) is 7.98. The molecule has 0 unspecified atom stereocenters. The fourth-order valence-corrected chi connectivity index (χ4v) is 4.04. The zero-order valence-corrected chi connectivity index (χ0v) is 17.0. The molecular formula is C19H14ClN3O3S2. The number of nitrogens with zero attached hydrogens (tertiary/aromatic N) is 2. The highest BCUT2D eigenvalue weighted by Crippen LogP contribution is 2.34. The maximum atomic E-state index is 11.8. The predicted octanol–water partition coefficient (Wildman–Crippen LogP) is 4.10. The summed E-state index contributed by atoms with van der Waals surface area (Å²) in [4.78, 5) is 25.2. The number of thioether (sulfide) groups is 1. The summed E-state index contributed by atoms with van der Waals surface area (Å²) in [6.45, 7) is 0. The summed E-state index contributed by atoms with van der Waals surface area (Å²) in [5.41, 5.74) is 0.858. The first-order chi connectivity index (χ1) is 13.6. The second kappa shape index (κ2) is 9.59. The van der Waals surface area contributed by atoms with Crippen LogP contribution in [0.15, 0.2) is 79.5 Å². The van der Waals surface area contributed by atoms with Crippen LogP contribution in [0.25, 0.3) is 0 Å². The lowest BCUT2D eigenvalue weighted by molar-refractivity contribution is -0.135. The van der Waals surface area contributed by atoms with E-state index in [0.717, 1.165) is 33.2 Å². The first-order valence-corrected chi connectivity index (χ1v) is 9.99. The van der Waals surface area contributed by atoms with E-state index in [2.05, 4.69) is 20.3 Å². The van der Waals surface area contributed by atoms with Gasteiger partial charge in [-0.2, -0.15) is 5.10 Å². The monoisotopic (exact) mass is 431 g/mol. The van der Waals surface area contributed by atoms with E-state index in [4.69, 9.17) is 11.6 Å². The van der Waals surface area contributed by atoms with Gasteiger partial charge in [0, 0.05) is 21.4 Å². The number of amides is 1. The van der Waals surface area contributed by atoms with E-state index >= 15 is 0 Å². The molecule has 9 heteroatoms. The molecule has 2 aromatic rings. The summed E-state index contributed by atoms with van der Waals surface area (Å²) >= 11 is 8.78. The lowest BCUT2D eigenvalue weighted by Gasteiger charge is -2.06. The van der Waals surface area contributed by atoms with E-state index in [1.807, 2.05) is 48.5 Å². The zero-order valence-electron chi connectivity index (χ0n) is 14.6. The van der Waals surface area contributed by atoms with Gasteiger partial charge in [0.2, 0.25) is 0 Å². The maximum absolute atomic E-state index is 11.8. The summed E-state index contributed by atoms with van der Waals surface area (Å²) in [6, 6.07) is 15.3. The van der Waals surface area contributed by atoms with E-state index in [1.54, 1.807) is 6.21 Å². The van der Waals surface area contributed by atoms with Crippen LogP contribution >= 0.6 is 35.1 Å². The van der Waals surface area contributed by atoms with Crippen LogP contribution in [-0.2, 0) is 14.3 Å². The summed E-state index contributed by atoms with van der Waals surface area (Å²) in [6.07, 6.45) is 2.71. The molecular weight excluding hydrogens is 418 g/mol. The van der Waals surface area contributed by atoms with Crippen molar-refractivity contribution < 1.29 is 14.3 Å². The van der Waals surface area contributed by atoms with E-state index < -0.39 is 11.9 Å². The van der Waals surface area contributed by atoms with Crippen LogP contribution in [0.1, 0.15) is 5.56 Å². The quantitative estimate of drug-likeness (QED) is 0.333. The van der Waals surface area contributed by atoms with Crippen LogP contribution < -0.4 is 5.32 Å². The number of nitrogens with one attached hydrogen (secondary N) is 1. The fourth-order valence-electron chi connectivity index (χ4n) is 2.11. The molecule has 1 heterocycles. The molecule has 1 fully saturated rings. The number of methoxy groups -OCH3 is 1. The number of ether oxygens (including phenoxy) is 1. The number of hydrogen-bond donors (Lipinski definition) is 1. The van der Waals surface area contributed by atoms with Crippen molar-refractivity contribution in [2.45, 2.75) is 9.79 Å². The Hall–Kier alpha value is -2.55. The first kappa shape index (κ1) is 20.2. The van der Waals surface area contributed by atoms with Gasteiger partial charge < -0.3 is 4.74 Å². The average Bonchev–Trinajstić information content (AvgIpc) is 3.04. The Morgan fingerprint density at radius 1 is 1.18 bits per heavy atom. The molecule has 0 bridgehead atoms. The minimum atomic E-state index is -0.604. The summed E-state index contributed by atoms with van der Waals surface area (Å²) in [5.74, 6) is -1.02. The van der Waals surface area contributed by atoms with Crippen molar-refractivity contribution in [2.24, 2.45) is 10.2 Å². The molecule has 1 aliphatic rings. The highest BCUT2D eigenvalue weighted by atomic mass is 35.5. The third-order valence-corrected chi connectivity index (χ3v) is 5.93. The summed E-state index contributed by atoms with van der Waals surface area (Å²) in [7, 11) is 1.24. The lowest BCUT2D eigenvalue weighted by Crippen LogP contribution is -2.19. The minimum absolute atomic E-state index is 0.204. The van der Waals surface area contributed by atoms with Crippen LogP contribution in [0.5, 0.6) is 0 Å². The molecule has 0 saturated carbocycles. The Kier molecular flexibility index (Phi) is 6.91. The van der Waals surface area contributed by atoms with Crippen molar-refractivity contribution in [3.63, 3.8) is 0 Å². The maximum Gasteiger partial charge on any atom is 0.331 e. The molecule has 3 rings (SSSR count). The van der Waals surface area contributed by atoms with Crippen molar-refractivity contribution in [2.75, 3.05) is 7.11 Å². The molecule has 0 radical (unpaired) electrons. The van der Waals surface area contributed by atoms with Gasteiger partial charge in [-0.25, -0.2) is 4.79 Å². The number of carbonyl (C=O) groups is 2. The van der Waals surface area contributed by atoms with Crippen molar-refractivity contribution >= 4 is 58.4 Å². The topological polar surface area (TPSA) is 80.1 Å². The van der Waals surface area contributed by atoms with E-state index in [9.17, 15) is 9.59 Å². The fraction of sp³-hybridized carbons (Fsp3) is 0.0526. The number of amidine groups is 1. The highest BCUT2D eigenvalue weighted by molar-refractivity contribution is 8.18. The number of hydrogen-bond acceptors (Lipinski definition) is 7. The van der Waals surface area contributed by atoms with E-state index in [0.29, 0.717) is 5.02 Å². The molecule has 1 saturated heterocycles. The largest absolute Gasteiger partial charge is 0.466 e. The number of rotatable bonds is 5. The third-order valence-electron chi connectivity index (χ3n) is 3.42. The molecule has 28 heavy (non-hydrogen) atoms. The van der Waals surface area contributed by atoms with Crippen LogP contribution in [0.2, 0.25) is 5.02 Å². The third kappa shape index (κ3) is 5.25. The van der Waals surface area contributed by atoms with Crippen LogP contribution in [-0.4, -0.2) is 30.4 Å². The smallest absolute Gasteiger partial charge is 0.331 e. The Morgan fingerprint density at radius 2 is 1.89 bits per heavy atom. The Morgan fingerprint density at radius 3 is 2.64 bits per heavy atom. The molecule has 0 spiro atoms. The van der Waals surface area contributed by atoms with Gasteiger partial charge >= 0.3 is 5.97 Å². The van der Waals surface area contributed by atoms with Crippen molar-refractivity contribution in [3.05, 3.63) is 70.1 Å². The van der Waals surface area contributed by atoms with E-state index in [-0.39, 0.29) is 10.1 Å². The number of halogens is 1. The molecule has 0 aliphatic carbocycles. The molecule has 6 nitrogen and oxygen atoms in total. The molecule has 0 atom stereocenters. The molecule has 142 valence electrons. The van der Waals surface area contributed by atoms with Gasteiger partial charge in [0.05, 0.1) is 23.3 Å². The normalized spacial score (nSPS) is 16.7. The standard InChI is InChI=1S/C19H14ClN3O3S2/c1-26-17(24)10-16-18(25)22-19(28-16)23-21-11-12-6-2-4-8-14(12)27-15-9-5-3-7-13(15)20/h2-11H,1H3,(H,22,23,25)/b16-10+,21-11?.